The summed E-state index contributed by atoms with van der Waals surface area (Å²) in [6, 6.07) is 3.95. The van der Waals surface area contributed by atoms with E-state index in [4.69, 9.17) is 4.74 Å². The van der Waals surface area contributed by atoms with Crippen LogP contribution in [0.2, 0.25) is 0 Å². The van der Waals surface area contributed by atoms with Crippen LogP contribution >= 0.6 is 0 Å². The second-order valence-corrected chi connectivity index (χ2v) is 6.92. The lowest BCUT2D eigenvalue weighted by Gasteiger charge is -2.21. The third-order valence-corrected chi connectivity index (χ3v) is 3.63. The number of carbonyl (C=O) groups excluding carboxylic acids is 1. The molecule has 0 aromatic heterocycles. The van der Waals surface area contributed by atoms with Gasteiger partial charge in [-0.2, -0.15) is 13.2 Å². The molecule has 1 aliphatic heterocycles. The number of ether oxygens (including phenoxy) is 1. The van der Waals surface area contributed by atoms with E-state index in [0.717, 1.165) is 6.07 Å². The molecule has 0 bridgehead atoms. The third kappa shape index (κ3) is 5.77. The SMILES string of the molecule is CC(C)(C)OC(=O)NCc1ccc(C(F)(F)F)c(C2=CCNCC2)c1. The molecule has 7 heteroatoms. The van der Waals surface area contributed by atoms with Gasteiger partial charge in [-0.25, -0.2) is 4.79 Å². The van der Waals surface area contributed by atoms with E-state index in [9.17, 15) is 18.0 Å². The Kier molecular flexibility index (Phi) is 5.77. The van der Waals surface area contributed by atoms with Crippen LogP contribution in [0.15, 0.2) is 24.3 Å². The van der Waals surface area contributed by atoms with Crippen LogP contribution in [0.25, 0.3) is 5.57 Å². The maximum atomic E-state index is 13.3. The number of halogens is 3. The summed E-state index contributed by atoms with van der Waals surface area (Å²) in [5.41, 5.74) is 0.160. The largest absolute Gasteiger partial charge is 0.444 e. The predicted molar refractivity (Wildman–Crippen MR) is 90.0 cm³/mol. The molecule has 1 aromatic carbocycles. The van der Waals surface area contributed by atoms with Crippen molar-refractivity contribution in [3.05, 3.63) is 41.0 Å². The molecule has 25 heavy (non-hydrogen) atoms. The molecule has 2 rings (SSSR count). The summed E-state index contributed by atoms with van der Waals surface area (Å²) in [7, 11) is 0. The number of amides is 1. The average molecular weight is 356 g/mol. The Balaban J connectivity index is 2.21. The first-order valence-electron chi connectivity index (χ1n) is 8.13. The Bertz CT molecular complexity index is 661. The molecule has 1 aromatic rings. The van der Waals surface area contributed by atoms with E-state index >= 15 is 0 Å². The lowest BCUT2D eigenvalue weighted by molar-refractivity contribution is -0.137. The highest BCUT2D eigenvalue weighted by Crippen LogP contribution is 2.36. The van der Waals surface area contributed by atoms with Crippen LogP contribution in [0.5, 0.6) is 0 Å². The van der Waals surface area contributed by atoms with Crippen molar-refractivity contribution in [2.75, 3.05) is 13.1 Å². The Hall–Kier alpha value is -2.02. The number of benzene rings is 1. The summed E-state index contributed by atoms with van der Waals surface area (Å²) < 4.78 is 45.0. The van der Waals surface area contributed by atoms with Gasteiger partial charge in [0.1, 0.15) is 5.60 Å². The molecule has 0 radical (unpaired) electrons. The van der Waals surface area contributed by atoms with Crippen LogP contribution in [0.4, 0.5) is 18.0 Å². The lowest BCUT2D eigenvalue weighted by atomic mass is 9.93. The van der Waals surface area contributed by atoms with Crippen LogP contribution in [0.3, 0.4) is 0 Å². The molecule has 0 saturated carbocycles. The fraction of sp³-hybridized carbons (Fsp3) is 0.500. The summed E-state index contributed by atoms with van der Waals surface area (Å²) in [5, 5.41) is 5.66. The number of carbonyl (C=O) groups is 1. The maximum Gasteiger partial charge on any atom is 0.416 e. The minimum atomic E-state index is -4.42. The smallest absolute Gasteiger partial charge is 0.416 e. The summed E-state index contributed by atoms with van der Waals surface area (Å²) in [6.45, 7) is 6.52. The van der Waals surface area contributed by atoms with Crippen LogP contribution < -0.4 is 10.6 Å². The molecule has 138 valence electrons. The van der Waals surface area contributed by atoms with Crippen molar-refractivity contribution in [3.8, 4) is 0 Å². The number of alkyl carbamates (subject to hydrolysis) is 1. The summed E-state index contributed by atoms with van der Waals surface area (Å²) >= 11 is 0. The Morgan fingerprint density at radius 1 is 1.28 bits per heavy atom. The standard InChI is InChI=1S/C18H23F3N2O2/c1-17(2,3)25-16(24)23-11-12-4-5-15(18(19,20)21)14(10-12)13-6-8-22-9-7-13/h4-6,10,22H,7-9,11H2,1-3H3,(H,23,24). The van der Waals surface area contributed by atoms with Gasteiger partial charge < -0.3 is 15.4 Å². The predicted octanol–water partition coefficient (Wildman–Crippen LogP) is 4.11. The van der Waals surface area contributed by atoms with Gasteiger partial charge in [-0.05, 0) is 62.6 Å². The van der Waals surface area contributed by atoms with Crippen molar-refractivity contribution in [2.45, 2.75) is 45.5 Å². The third-order valence-electron chi connectivity index (χ3n) is 3.63. The van der Waals surface area contributed by atoms with Gasteiger partial charge in [0.15, 0.2) is 0 Å². The highest BCUT2D eigenvalue weighted by molar-refractivity contribution is 5.71. The van der Waals surface area contributed by atoms with Gasteiger partial charge in [0, 0.05) is 13.1 Å². The Morgan fingerprint density at radius 2 is 2.00 bits per heavy atom. The van der Waals surface area contributed by atoms with Gasteiger partial charge >= 0.3 is 12.3 Å². The Morgan fingerprint density at radius 3 is 2.56 bits per heavy atom. The molecule has 2 N–H and O–H groups in total. The van der Waals surface area contributed by atoms with Gasteiger partial charge in [-0.1, -0.05) is 12.1 Å². The number of nitrogens with one attached hydrogen (secondary N) is 2. The fourth-order valence-electron chi connectivity index (χ4n) is 2.57. The molecular weight excluding hydrogens is 333 g/mol. The first kappa shape index (κ1) is 19.3. The second-order valence-electron chi connectivity index (χ2n) is 6.92. The van der Waals surface area contributed by atoms with E-state index in [2.05, 4.69) is 10.6 Å². The Labute approximate surface area is 145 Å². The van der Waals surface area contributed by atoms with Crippen molar-refractivity contribution in [1.82, 2.24) is 10.6 Å². The molecule has 0 atom stereocenters. The molecule has 1 aliphatic rings. The number of hydrogen-bond donors (Lipinski definition) is 2. The minimum Gasteiger partial charge on any atom is -0.444 e. The number of alkyl halides is 3. The average Bonchev–Trinajstić information content (AvgIpc) is 2.51. The monoisotopic (exact) mass is 356 g/mol. The van der Waals surface area contributed by atoms with Crippen molar-refractivity contribution < 1.29 is 22.7 Å². The van der Waals surface area contributed by atoms with Gasteiger partial charge in [-0.3, -0.25) is 0 Å². The molecule has 0 aliphatic carbocycles. The molecule has 0 saturated heterocycles. The van der Waals surface area contributed by atoms with Crippen molar-refractivity contribution in [3.63, 3.8) is 0 Å². The second kappa shape index (κ2) is 7.47. The van der Waals surface area contributed by atoms with Crippen molar-refractivity contribution in [2.24, 2.45) is 0 Å². The quantitative estimate of drug-likeness (QED) is 0.857. The van der Waals surface area contributed by atoms with E-state index < -0.39 is 23.4 Å². The molecule has 0 spiro atoms. The van der Waals surface area contributed by atoms with Gasteiger partial charge in [0.25, 0.3) is 0 Å². The normalized spacial score (nSPS) is 15.5. The lowest BCUT2D eigenvalue weighted by Crippen LogP contribution is -2.32. The van der Waals surface area contributed by atoms with Crippen molar-refractivity contribution >= 4 is 11.7 Å². The first-order valence-corrected chi connectivity index (χ1v) is 8.13. The molecule has 1 heterocycles. The molecule has 1 amide bonds. The fourth-order valence-corrected chi connectivity index (χ4v) is 2.57. The van der Waals surface area contributed by atoms with Crippen LogP contribution in [-0.2, 0) is 17.5 Å². The molecule has 0 unspecified atom stereocenters. The van der Waals surface area contributed by atoms with E-state index in [1.807, 2.05) is 0 Å². The van der Waals surface area contributed by atoms with E-state index in [1.54, 1.807) is 26.8 Å². The van der Waals surface area contributed by atoms with Crippen LogP contribution in [0, 0.1) is 0 Å². The van der Waals surface area contributed by atoms with Crippen LogP contribution in [0.1, 0.15) is 43.9 Å². The minimum absolute atomic E-state index is 0.103. The summed E-state index contributed by atoms with van der Waals surface area (Å²) in [5.74, 6) is 0. The van der Waals surface area contributed by atoms with E-state index in [1.165, 1.54) is 12.1 Å². The van der Waals surface area contributed by atoms with Crippen molar-refractivity contribution in [1.29, 1.82) is 0 Å². The zero-order valence-electron chi connectivity index (χ0n) is 14.6. The highest BCUT2D eigenvalue weighted by Gasteiger charge is 2.34. The highest BCUT2D eigenvalue weighted by atomic mass is 19.4. The molecule has 4 nitrogen and oxygen atoms in total. The topological polar surface area (TPSA) is 50.4 Å². The number of rotatable bonds is 3. The molecule has 0 fully saturated rings. The zero-order chi connectivity index (χ0) is 18.7. The summed E-state index contributed by atoms with van der Waals surface area (Å²) in [4.78, 5) is 11.7. The van der Waals surface area contributed by atoms with Gasteiger partial charge in [0.2, 0.25) is 0 Å². The summed E-state index contributed by atoms with van der Waals surface area (Å²) in [6.07, 6.45) is -2.71. The first-order chi connectivity index (χ1) is 11.6. The van der Waals surface area contributed by atoms with E-state index in [-0.39, 0.29) is 12.1 Å². The van der Waals surface area contributed by atoms with Gasteiger partial charge in [-0.15, -0.1) is 0 Å². The van der Waals surface area contributed by atoms with Gasteiger partial charge in [0.05, 0.1) is 5.56 Å². The van der Waals surface area contributed by atoms with Crippen LogP contribution in [-0.4, -0.2) is 24.8 Å². The van der Waals surface area contributed by atoms with E-state index in [0.29, 0.717) is 30.6 Å². The zero-order valence-corrected chi connectivity index (χ0v) is 14.6. The number of hydrogen-bond acceptors (Lipinski definition) is 3. The maximum absolute atomic E-state index is 13.3. The molecular formula is C18H23F3N2O2.